The van der Waals surface area contributed by atoms with Crippen LogP contribution in [0.15, 0.2) is 36.4 Å². The Morgan fingerprint density at radius 2 is 1.90 bits per heavy atom. The summed E-state index contributed by atoms with van der Waals surface area (Å²) in [6.07, 6.45) is 0. The van der Waals surface area contributed by atoms with Gasteiger partial charge < -0.3 is 15.2 Å². The number of nitrogen functional groups attached to an aromatic ring is 1. The van der Waals surface area contributed by atoms with Crippen molar-refractivity contribution < 1.29 is 9.47 Å². The minimum atomic E-state index is 0.384. The van der Waals surface area contributed by atoms with Crippen LogP contribution in [0.2, 0.25) is 0 Å². The fourth-order valence-corrected chi connectivity index (χ4v) is 2.32. The van der Waals surface area contributed by atoms with Crippen molar-refractivity contribution >= 4 is 17.1 Å². The van der Waals surface area contributed by atoms with E-state index in [1.165, 1.54) is 0 Å². The maximum atomic E-state index is 6.07. The van der Waals surface area contributed by atoms with Gasteiger partial charge in [-0.25, -0.2) is 4.98 Å². The molecule has 0 radical (unpaired) electrons. The van der Waals surface area contributed by atoms with Gasteiger partial charge in [-0.15, -0.1) is 0 Å². The van der Waals surface area contributed by atoms with Crippen molar-refractivity contribution in [2.24, 2.45) is 0 Å². The van der Waals surface area contributed by atoms with Crippen LogP contribution in [0.4, 0.5) is 5.95 Å². The summed E-state index contributed by atoms with van der Waals surface area (Å²) < 4.78 is 12.2. The zero-order chi connectivity index (χ0) is 14.8. The van der Waals surface area contributed by atoms with Gasteiger partial charge in [-0.1, -0.05) is 18.2 Å². The monoisotopic (exact) mass is 284 g/mol. The molecule has 0 aliphatic carbocycles. The van der Waals surface area contributed by atoms with E-state index in [9.17, 15) is 0 Å². The summed E-state index contributed by atoms with van der Waals surface area (Å²) in [5.74, 6) is 0.905. The first-order valence-corrected chi connectivity index (χ1v) is 6.50. The number of benzene rings is 1. The Kier molecular flexibility index (Phi) is 3.45. The van der Waals surface area contributed by atoms with Gasteiger partial charge >= 0.3 is 0 Å². The predicted octanol–water partition coefficient (Wildman–Crippen LogP) is 2.16. The van der Waals surface area contributed by atoms with E-state index in [0.717, 1.165) is 16.8 Å². The second kappa shape index (κ2) is 5.41. The maximum Gasteiger partial charge on any atom is 0.215 e. The number of rotatable bonds is 4. The number of aromatic nitrogens is 3. The molecular weight excluding hydrogens is 268 g/mol. The third-order valence-corrected chi connectivity index (χ3v) is 3.25. The predicted molar refractivity (Wildman–Crippen MR) is 80.5 cm³/mol. The van der Waals surface area contributed by atoms with Crippen molar-refractivity contribution in [3.63, 3.8) is 0 Å². The first kappa shape index (κ1) is 13.4. The first-order valence-electron chi connectivity index (χ1n) is 6.50. The van der Waals surface area contributed by atoms with Gasteiger partial charge in [-0.05, 0) is 12.1 Å². The lowest BCUT2D eigenvalue weighted by molar-refractivity contribution is 0.185. The van der Waals surface area contributed by atoms with Crippen LogP contribution >= 0.6 is 0 Å². The van der Waals surface area contributed by atoms with Crippen molar-refractivity contribution in [2.45, 2.75) is 6.61 Å². The van der Waals surface area contributed by atoms with Crippen molar-refractivity contribution in [1.29, 1.82) is 0 Å². The van der Waals surface area contributed by atoms with E-state index in [2.05, 4.69) is 9.97 Å². The lowest BCUT2D eigenvalue weighted by atomic mass is 10.2. The highest BCUT2D eigenvalue weighted by molar-refractivity contribution is 5.78. The number of imidazole rings is 1. The number of pyridine rings is 1. The molecule has 0 fully saturated rings. The molecule has 0 bridgehead atoms. The number of methoxy groups -OCH3 is 2. The number of fused-ring (bicyclic) bond motifs is 1. The Labute approximate surface area is 122 Å². The zero-order valence-corrected chi connectivity index (χ0v) is 11.9. The second-order valence-electron chi connectivity index (χ2n) is 4.56. The Bertz CT molecular complexity index is 782. The van der Waals surface area contributed by atoms with Crippen LogP contribution in [0.5, 0.6) is 5.88 Å². The van der Waals surface area contributed by atoms with E-state index < -0.39 is 0 Å². The van der Waals surface area contributed by atoms with Crippen molar-refractivity contribution in [1.82, 2.24) is 14.5 Å². The van der Waals surface area contributed by atoms with Crippen molar-refractivity contribution in [3.8, 4) is 11.6 Å². The fourth-order valence-electron chi connectivity index (χ4n) is 2.32. The van der Waals surface area contributed by atoms with Crippen LogP contribution in [0, 0.1) is 0 Å². The van der Waals surface area contributed by atoms with Gasteiger partial charge in [0.05, 0.1) is 19.4 Å². The molecule has 0 atom stereocenters. The maximum absolute atomic E-state index is 6.07. The standard InChI is InChI=1S/C15H16N4O2/c1-20-9-10-5-3-4-6-12(10)19-14-11(17-15(19)16)7-8-13(18-14)21-2/h3-8H,9H2,1-2H3,(H2,16,17). The SMILES string of the molecule is COCc1ccccc1-n1c(N)nc2ccc(OC)nc21. The Morgan fingerprint density at radius 3 is 2.67 bits per heavy atom. The molecule has 0 amide bonds. The van der Waals surface area contributed by atoms with E-state index in [-0.39, 0.29) is 0 Å². The molecule has 0 spiro atoms. The summed E-state index contributed by atoms with van der Waals surface area (Å²) >= 11 is 0. The number of nitrogens with zero attached hydrogens (tertiary/aromatic N) is 3. The number of nitrogens with two attached hydrogens (primary N) is 1. The lowest BCUT2D eigenvalue weighted by Gasteiger charge is -2.11. The topological polar surface area (TPSA) is 75.2 Å². The average Bonchev–Trinajstić information content (AvgIpc) is 2.83. The summed E-state index contributed by atoms with van der Waals surface area (Å²) in [6.45, 7) is 0.485. The molecule has 6 nitrogen and oxygen atoms in total. The normalized spacial score (nSPS) is 11.0. The molecular formula is C15H16N4O2. The highest BCUT2D eigenvalue weighted by atomic mass is 16.5. The van der Waals surface area contributed by atoms with Crippen LogP contribution in [0.25, 0.3) is 16.9 Å². The van der Waals surface area contributed by atoms with Gasteiger partial charge in [0.2, 0.25) is 11.8 Å². The number of hydrogen-bond donors (Lipinski definition) is 1. The van der Waals surface area contributed by atoms with Gasteiger partial charge in [0.1, 0.15) is 5.52 Å². The minimum Gasteiger partial charge on any atom is -0.481 e. The van der Waals surface area contributed by atoms with Crippen LogP contribution < -0.4 is 10.5 Å². The van der Waals surface area contributed by atoms with Crippen LogP contribution in [0.1, 0.15) is 5.56 Å². The van der Waals surface area contributed by atoms with Crippen LogP contribution in [-0.2, 0) is 11.3 Å². The second-order valence-corrected chi connectivity index (χ2v) is 4.56. The number of hydrogen-bond acceptors (Lipinski definition) is 5. The zero-order valence-electron chi connectivity index (χ0n) is 11.9. The Hall–Kier alpha value is -2.60. The molecule has 0 aliphatic heterocycles. The third-order valence-electron chi connectivity index (χ3n) is 3.25. The van der Waals surface area contributed by atoms with Crippen molar-refractivity contribution in [3.05, 3.63) is 42.0 Å². The first-order chi connectivity index (χ1) is 10.2. The van der Waals surface area contributed by atoms with Gasteiger partial charge in [-0.3, -0.25) is 4.57 Å². The number of ether oxygens (including phenoxy) is 2. The Balaban J connectivity index is 2.26. The minimum absolute atomic E-state index is 0.384. The molecule has 2 aromatic heterocycles. The largest absolute Gasteiger partial charge is 0.481 e. The summed E-state index contributed by atoms with van der Waals surface area (Å²) in [4.78, 5) is 8.80. The fraction of sp³-hybridized carbons (Fsp3) is 0.200. The molecule has 0 saturated carbocycles. The van der Waals surface area contributed by atoms with Crippen LogP contribution in [-0.4, -0.2) is 28.8 Å². The molecule has 0 unspecified atom stereocenters. The molecule has 1 aromatic carbocycles. The van der Waals surface area contributed by atoms with E-state index >= 15 is 0 Å². The van der Waals surface area contributed by atoms with Crippen molar-refractivity contribution in [2.75, 3.05) is 20.0 Å². The summed E-state index contributed by atoms with van der Waals surface area (Å²) in [5.41, 5.74) is 9.37. The molecule has 2 heterocycles. The van der Waals surface area contributed by atoms with Gasteiger partial charge in [0, 0.05) is 18.7 Å². The number of para-hydroxylation sites is 1. The highest BCUT2D eigenvalue weighted by Gasteiger charge is 2.14. The molecule has 3 rings (SSSR count). The molecule has 3 aromatic rings. The molecule has 0 saturated heterocycles. The highest BCUT2D eigenvalue weighted by Crippen LogP contribution is 2.26. The third kappa shape index (κ3) is 2.30. The van der Waals surface area contributed by atoms with Gasteiger partial charge in [0.15, 0.2) is 5.65 Å². The Morgan fingerprint density at radius 1 is 1.10 bits per heavy atom. The summed E-state index contributed by atoms with van der Waals surface area (Å²) in [7, 11) is 3.24. The van der Waals surface area contributed by atoms with Crippen LogP contribution in [0.3, 0.4) is 0 Å². The smallest absolute Gasteiger partial charge is 0.215 e. The van der Waals surface area contributed by atoms with E-state index in [4.69, 9.17) is 15.2 Å². The summed E-state index contributed by atoms with van der Waals surface area (Å²) in [6, 6.07) is 11.5. The number of anilines is 1. The average molecular weight is 284 g/mol. The molecule has 6 heteroatoms. The molecule has 108 valence electrons. The summed E-state index contributed by atoms with van der Waals surface area (Å²) in [5, 5.41) is 0. The van der Waals surface area contributed by atoms with Gasteiger partial charge in [-0.2, -0.15) is 4.98 Å². The quantitative estimate of drug-likeness (QED) is 0.794. The molecule has 0 aliphatic rings. The lowest BCUT2D eigenvalue weighted by Crippen LogP contribution is -2.05. The van der Waals surface area contributed by atoms with E-state index in [1.54, 1.807) is 20.3 Å². The van der Waals surface area contributed by atoms with E-state index in [1.807, 2.05) is 34.9 Å². The van der Waals surface area contributed by atoms with Gasteiger partial charge in [0.25, 0.3) is 0 Å². The molecule has 21 heavy (non-hydrogen) atoms. The van der Waals surface area contributed by atoms with E-state index in [0.29, 0.717) is 24.1 Å². The molecule has 2 N–H and O–H groups in total.